The topological polar surface area (TPSA) is 32.3 Å². The number of hydrogen-bond acceptors (Lipinski definition) is 3. The maximum Gasteiger partial charge on any atom is 0.0525 e. The second-order valence-corrected chi connectivity index (χ2v) is 4.56. The van der Waals surface area contributed by atoms with Gasteiger partial charge in [0.1, 0.15) is 0 Å². The number of aliphatic hydroxyl groups excluding tert-OH is 1. The summed E-state index contributed by atoms with van der Waals surface area (Å²) in [6.07, 6.45) is 1.17. The van der Waals surface area contributed by atoms with Gasteiger partial charge < -0.3 is 10.4 Å². The molecule has 3 heteroatoms. The molecule has 0 aromatic heterocycles. The molecule has 0 saturated heterocycles. The highest BCUT2D eigenvalue weighted by Gasteiger charge is 1.96. The first kappa shape index (κ1) is 12.6. The van der Waals surface area contributed by atoms with E-state index in [4.69, 9.17) is 5.11 Å². The standard InChI is InChI=1S/C12H19NOS/c1-2-6-13-10-11-4-3-5-12(9-11)15-8-7-14/h3-5,9,13-14H,2,6-8,10H2,1H3. The summed E-state index contributed by atoms with van der Waals surface area (Å²) in [5, 5.41) is 12.1. The molecule has 1 aromatic rings. The summed E-state index contributed by atoms with van der Waals surface area (Å²) in [5.74, 6) is 0.770. The van der Waals surface area contributed by atoms with E-state index in [1.165, 1.54) is 16.9 Å². The van der Waals surface area contributed by atoms with Crippen molar-refractivity contribution in [3.63, 3.8) is 0 Å². The van der Waals surface area contributed by atoms with Crippen LogP contribution in [0, 0.1) is 0 Å². The van der Waals surface area contributed by atoms with Crippen molar-refractivity contribution in [2.75, 3.05) is 18.9 Å². The van der Waals surface area contributed by atoms with E-state index in [1.807, 2.05) is 0 Å². The van der Waals surface area contributed by atoms with Crippen molar-refractivity contribution < 1.29 is 5.11 Å². The third kappa shape index (κ3) is 5.21. The van der Waals surface area contributed by atoms with Crippen LogP contribution in [0.3, 0.4) is 0 Å². The lowest BCUT2D eigenvalue weighted by molar-refractivity contribution is 0.322. The smallest absolute Gasteiger partial charge is 0.0525 e. The predicted molar refractivity (Wildman–Crippen MR) is 66.2 cm³/mol. The van der Waals surface area contributed by atoms with Gasteiger partial charge >= 0.3 is 0 Å². The van der Waals surface area contributed by atoms with Gasteiger partial charge in [0.2, 0.25) is 0 Å². The van der Waals surface area contributed by atoms with Gasteiger partial charge in [0.15, 0.2) is 0 Å². The fourth-order valence-corrected chi connectivity index (χ4v) is 2.05. The quantitative estimate of drug-likeness (QED) is 0.551. The molecule has 0 heterocycles. The van der Waals surface area contributed by atoms with E-state index in [-0.39, 0.29) is 6.61 Å². The minimum Gasteiger partial charge on any atom is -0.396 e. The Labute approximate surface area is 96.1 Å². The minimum absolute atomic E-state index is 0.239. The average molecular weight is 225 g/mol. The Morgan fingerprint density at radius 3 is 3.00 bits per heavy atom. The molecule has 0 unspecified atom stereocenters. The van der Waals surface area contributed by atoms with Crippen molar-refractivity contribution in [2.24, 2.45) is 0 Å². The molecule has 0 saturated carbocycles. The Morgan fingerprint density at radius 2 is 2.27 bits per heavy atom. The number of thioether (sulfide) groups is 1. The van der Waals surface area contributed by atoms with Gasteiger partial charge in [0.25, 0.3) is 0 Å². The monoisotopic (exact) mass is 225 g/mol. The summed E-state index contributed by atoms with van der Waals surface area (Å²) in [6.45, 7) is 4.40. The van der Waals surface area contributed by atoms with Gasteiger partial charge in [-0.25, -0.2) is 0 Å². The van der Waals surface area contributed by atoms with E-state index in [9.17, 15) is 0 Å². The number of rotatable bonds is 7. The Balaban J connectivity index is 2.42. The summed E-state index contributed by atoms with van der Waals surface area (Å²) >= 11 is 1.70. The second-order valence-electron chi connectivity index (χ2n) is 3.40. The highest BCUT2D eigenvalue weighted by atomic mass is 32.2. The van der Waals surface area contributed by atoms with Gasteiger partial charge in [0, 0.05) is 17.2 Å². The largest absolute Gasteiger partial charge is 0.396 e. The van der Waals surface area contributed by atoms with Gasteiger partial charge in [0.05, 0.1) is 6.61 Å². The van der Waals surface area contributed by atoms with Crippen LogP contribution in [0.25, 0.3) is 0 Å². The molecule has 1 aromatic carbocycles. The van der Waals surface area contributed by atoms with Crippen molar-refractivity contribution in [3.8, 4) is 0 Å². The SMILES string of the molecule is CCCNCc1cccc(SCCO)c1. The van der Waals surface area contributed by atoms with Crippen LogP contribution >= 0.6 is 11.8 Å². The Bertz CT molecular complexity index is 278. The molecule has 2 N–H and O–H groups in total. The van der Waals surface area contributed by atoms with Crippen molar-refractivity contribution in [1.82, 2.24) is 5.32 Å². The molecule has 84 valence electrons. The number of benzene rings is 1. The van der Waals surface area contributed by atoms with E-state index in [0.29, 0.717) is 0 Å². The van der Waals surface area contributed by atoms with Gasteiger partial charge in [-0.1, -0.05) is 19.1 Å². The molecule has 0 aliphatic carbocycles. The molecule has 0 radical (unpaired) electrons. The van der Waals surface area contributed by atoms with Crippen LogP contribution in [0.5, 0.6) is 0 Å². The zero-order valence-electron chi connectivity index (χ0n) is 9.20. The summed E-state index contributed by atoms with van der Waals surface area (Å²) in [5.41, 5.74) is 1.31. The highest BCUT2D eigenvalue weighted by molar-refractivity contribution is 7.99. The lowest BCUT2D eigenvalue weighted by atomic mass is 10.2. The van der Waals surface area contributed by atoms with Gasteiger partial charge in [-0.05, 0) is 30.7 Å². The third-order valence-corrected chi connectivity index (χ3v) is 2.99. The van der Waals surface area contributed by atoms with Crippen LogP contribution in [0.1, 0.15) is 18.9 Å². The molecule has 0 amide bonds. The Morgan fingerprint density at radius 1 is 1.40 bits per heavy atom. The highest BCUT2D eigenvalue weighted by Crippen LogP contribution is 2.18. The molecule has 0 atom stereocenters. The van der Waals surface area contributed by atoms with E-state index in [1.54, 1.807) is 11.8 Å². The van der Waals surface area contributed by atoms with Gasteiger partial charge in [-0.2, -0.15) is 0 Å². The molecule has 0 spiro atoms. The Kier molecular flexibility index (Phi) is 6.48. The molecule has 0 aliphatic rings. The normalized spacial score (nSPS) is 10.5. The first-order valence-electron chi connectivity index (χ1n) is 5.40. The van der Waals surface area contributed by atoms with E-state index in [0.717, 1.165) is 18.8 Å². The first-order chi connectivity index (χ1) is 7.36. The maximum atomic E-state index is 8.74. The van der Waals surface area contributed by atoms with Crippen molar-refractivity contribution in [2.45, 2.75) is 24.8 Å². The lowest BCUT2D eigenvalue weighted by Gasteiger charge is -2.05. The van der Waals surface area contributed by atoms with Crippen molar-refractivity contribution in [1.29, 1.82) is 0 Å². The molecule has 15 heavy (non-hydrogen) atoms. The first-order valence-corrected chi connectivity index (χ1v) is 6.38. The lowest BCUT2D eigenvalue weighted by Crippen LogP contribution is -2.13. The van der Waals surface area contributed by atoms with Crippen LogP contribution in [0.2, 0.25) is 0 Å². The van der Waals surface area contributed by atoms with Crippen LogP contribution in [0.4, 0.5) is 0 Å². The fourth-order valence-electron chi connectivity index (χ4n) is 1.32. The minimum atomic E-state index is 0.239. The van der Waals surface area contributed by atoms with Crippen LogP contribution in [0.15, 0.2) is 29.2 Å². The second kappa shape index (κ2) is 7.74. The van der Waals surface area contributed by atoms with Gasteiger partial charge in [-0.15, -0.1) is 11.8 Å². The molecular weight excluding hydrogens is 206 g/mol. The number of nitrogens with one attached hydrogen (secondary N) is 1. The number of aliphatic hydroxyl groups is 1. The zero-order valence-corrected chi connectivity index (χ0v) is 10.0. The molecule has 1 rings (SSSR count). The maximum absolute atomic E-state index is 8.74. The molecule has 0 aliphatic heterocycles. The van der Waals surface area contributed by atoms with E-state index < -0.39 is 0 Å². The molecular formula is C12H19NOS. The number of hydrogen-bond donors (Lipinski definition) is 2. The average Bonchev–Trinajstić information content (AvgIpc) is 2.27. The summed E-state index contributed by atoms with van der Waals surface area (Å²) in [6, 6.07) is 8.47. The summed E-state index contributed by atoms with van der Waals surface area (Å²) in [4.78, 5) is 1.24. The van der Waals surface area contributed by atoms with Crippen molar-refractivity contribution >= 4 is 11.8 Å². The third-order valence-electron chi connectivity index (χ3n) is 2.01. The van der Waals surface area contributed by atoms with E-state index in [2.05, 4.69) is 36.5 Å². The van der Waals surface area contributed by atoms with Crippen LogP contribution in [-0.4, -0.2) is 24.0 Å². The van der Waals surface area contributed by atoms with Crippen molar-refractivity contribution in [3.05, 3.63) is 29.8 Å². The summed E-state index contributed by atoms with van der Waals surface area (Å²) < 4.78 is 0. The zero-order chi connectivity index (χ0) is 10.9. The van der Waals surface area contributed by atoms with Crippen LogP contribution < -0.4 is 5.32 Å². The molecule has 2 nitrogen and oxygen atoms in total. The van der Waals surface area contributed by atoms with Gasteiger partial charge in [-0.3, -0.25) is 0 Å². The van der Waals surface area contributed by atoms with Crippen LogP contribution in [-0.2, 0) is 6.54 Å². The molecule has 0 bridgehead atoms. The summed E-state index contributed by atoms with van der Waals surface area (Å²) in [7, 11) is 0. The van der Waals surface area contributed by atoms with E-state index >= 15 is 0 Å². The predicted octanol–water partition coefficient (Wildman–Crippen LogP) is 2.27. The fraction of sp³-hybridized carbons (Fsp3) is 0.500. The Hall–Kier alpha value is -0.510. The molecule has 0 fully saturated rings.